The van der Waals surface area contributed by atoms with Crippen LogP contribution in [0.2, 0.25) is 0 Å². The number of carbonyl (C=O) groups excluding carboxylic acids is 2. The van der Waals surface area contributed by atoms with Gasteiger partial charge in [0.15, 0.2) is 0 Å². The first-order chi connectivity index (χ1) is 9.27. The molecule has 0 radical (unpaired) electrons. The molecule has 0 N–H and O–H groups in total. The molecule has 2 aromatic rings. The van der Waals surface area contributed by atoms with Crippen LogP contribution in [0.5, 0.6) is 0 Å². The van der Waals surface area contributed by atoms with Crippen molar-refractivity contribution >= 4 is 28.7 Å². The van der Waals surface area contributed by atoms with E-state index in [0.29, 0.717) is 11.4 Å². The molecular formula is C15H13NO2S. The normalized spacial score (nSPS) is 14.0. The topological polar surface area (TPSA) is 37.4 Å². The van der Waals surface area contributed by atoms with Crippen LogP contribution in [0.15, 0.2) is 41.8 Å². The van der Waals surface area contributed by atoms with Crippen molar-refractivity contribution in [2.75, 3.05) is 11.4 Å². The third-order valence-corrected chi connectivity index (χ3v) is 4.16. The summed E-state index contributed by atoms with van der Waals surface area (Å²) < 4.78 is 0. The van der Waals surface area contributed by atoms with Gasteiger partial charge in [-0.15, -0.1) is 11.3 Å². The fraction of sp³-hybridized carbons (Fsp3) is 0.200. The van der Waals surface area contributed by atoms with Crippen LogP contribution in [0, 0.1) is 0 Å². The van der Waals surface area contributed by atoms with Gasteiger partial charge >= 0.3 is 0 Å². The Labute approximate surface area is 115 Å². The first-order valence-corrected chi connectivity index (χ1v) is 7.13. The molecule has 96 valence electrons. The average Bonchev–Trinajstić information content (AvgIpc) is 2.99. The van der Waals surface area contributed by atoms with Gasteiger partial charge in [-0.3, -0.25) is 9.59 Å². The molecule has 0 atom stereocenters. The number of benzene rings is 1. The number of carbonyl (C=O) groups is 2. The lowest BCUT2D eigenvalue weighted by molar-refractivity contribution is -0.114. The van der Waals surface area contributed by atoms with E-state index in [9.17, 15) is 9.59 Å². The third kappa shape index (κ3) is 2.19. The van der Waals surface area contributed by atoms with E-state index in [-0.39, 0.29) is 0 Å². The SMILES string of the molecule is O=C(C(=O)N1CCCc2ccccc21)c1cccs1. The number of thiophene rings is 1. The van der Waals surface area contributed by atoms with Crippen molar-refractivity contribution < 1.29 is 9.59 Å². The van der Waals surface area contributed by atoms with E-state index in [4.69, 9.17) is 0 Å². The molecule has 4 heteroatoms. The van der Waals surface area contributed by atoms with Crippen molar-refractivity contribution in [3.63, 3.8) is 0 Å². The number of fused-ring (bicyclic) bond motifs is 1. The van der Waals surface area contributed by atoms with Crippen LogP contribution in [-0.4, -0.2) is 18.2 Å². The van der Waals surface area contributed by atoms with Crippen molar-refractivity contribution in [1.82, 2.24) is 0 Å². The summed E-state index contributed by atoms with van der Waals surface area (Å²) in [6.07, 6.45) is 1.87. The van der Waals surface area contributed by atoms with Crippen LogP contribution >= 0.6 is 11.3 Å². The number of para-hydroxylation sites is 1. The van der Waals surface area contributed by atoms with Crippen molar-refractivity contribution in [2.24, 2.45) is 0 Å². The largest absolute Gasteiger partial charge is 0.305 e. The van der Waals surface area contributed by atoms with Crippen LogP contribution in [0.25, 0.3) is 0 Å². The molecule has 19 heavy (non-hydrogen) atoms. The van der Waals surface area contributed by atoms with Crippen LogP contribution < -0.4 is 4.90 Å². The highest BCUT2D eigenvalue weighted by atomic mass is 32.1. The molecule has 0 saturated carbocycles. The third-order valence-electron chi connectivity index (χ3n) is 3.29. The average molecular weight is 271 g/mol. The minimum atomic E-state index is -0.422. The van der Waals surface area contributed by atoms with Crippen LogP contribution in [0.4, 0.5) is 5.69 Å². The van der Waals surface area contributed by atoms with Gasteiger partial charge in [-0.1, -0.05) is 24.3 Å². The van der Waals surface area contributed by atoms with E-state index >= 15 is 0 Å². The number of ketones is 1. The summed E-state index contributed by atoms with van der Waals surface area (Å²) in [5.41, 5.74) is 2.02. The smallest absolute Gasteiger partial charge is 0.300 e. The standard InChI is InChI=1S/C15H13NO2S/c17-14(13-8-4-10-19-13)15(18)16-9-3-6-11-5-1-2-7-12(11)16/h1-2,4-5,7-8,10H,3,6,9H2. The van der Waals surface area contributed by atoms with Crippen LogP contribution in [0.3, 0.4) is 0 Å². The molecule has 0 bridgehead atoms. The quantitative estimate of drug-likeness (QED) is 0.622. The first-order valence-electron chi connectivity index (χ1n) is 6.25. The molecule has 0 fully saturated rings. The second-order valence-corrected chi connectivity index (χ2v) is 5.44. The van der Waals surface area contributed by atoms with Gasteiger partial charge in [0.05, 0.1) is 4.88 Å². The van der Waals surface area contributed by atoms with Crippen molar-refractivity contribution in [1.29, 1.82) is 0 Å². The number of hydrogen-bond donors (Lipinski definition) is 0. The van der Waals surface area contributed by atoms with Gasteiger partial charge in [-0.2, -0.15) is 0 Å². The fourth-order valence-electron chi connectivity index (χ4n) is 2.38. The van der Waals surface area contributed by atoms with E-state index in [1.807, 2.05) is 29.6 Å². The zero-order valence-corrected chi connectivity index (χ0v) is 11.2. The number of aryl methyl sites for hydroxylation is 1. The number of nitrogens with zero attached hydrogens (tertiary/aromatic N) is 1. The Balaban J connectivity index is 1.91. The monoisotopic (exact) mass is 271 g/mol. The Hall–Kier alpha value is -1.94. The molecule has 1 aliphatic rings. The summed E-state index contributed by atoms with van der Waals surface area (Å²) in [5.74, 6) is -0.832. The number of hydrogen-bond acceptors (Lipinski definition) is 3. The Bertz CT molecular complexity index is 619. The summed E-state index contributed by atoms with van der Waals surface area (Å²) >= 11 is 1.31. The zero-order chi connectivity index (χ0) is 13.2. The summed E-state index contributed by atoms with van der Waals surface area (Å²) in [6.45, 7) is 0.618. The van der Waals surface area contributed by atoms with Gasteiger partial charge in [-0.25, -0.2) is 0 Å². The lowest BCUT2D eigenvalue weighted by Gasteiger charge is -2.28. The molecule has 3 rings (SSSR count). The highest BCUT2D eigenvalue weighted by molar-refractivity contribution is 7.13. The molecule has 1 aromatic carbocycles. The van der Waals surface area contributed by atoms with Crippen molar-refractivity contribution in [2.45, 2.75) is 12.8 Å². The van der Waals surface area contributed by atoms with Crippen molar-refractivity contribution in [3.05, 3.63) is 52.2 Å². The van der Waals surface area contributed by atoms with E-state index in [0.717, 1.165) is 24.1 Å². The summed E-state index contributed by atoms with van der Waals surface area (Å²) in [4.78, 5) is 26.6. The zero-order valence-electron chi connectivity index (χ0n) is 10.3. The Kier molecular flexibility index (Phi) is 3.17. The highest BCUT2D eigenvalue weighted by Crippen LogP contribution is 2.27. The molecule has 1 amide bonds. The minimum absolute atomic E-state index is 0.410. The summed E-state index contributed by atoms with van der Waals surface area (Å²) in [7, 11) is 0. The van der Waals surface area contributed by atoms with Gasteiger partial charge in [0, 0.05) is 12.2 Å². The van der Waals surface area contributed by atoms with Crippen molar-refractivity contribution in [3.8, 4) is 0 Å². The molecule has 0 aliphatic carbocycles. The van der Waals surface area contributed by atoms with Gasteiger partial charge < -0.3 is 4.90 Å². The molecule has 2 heterocycles. The molecule has 3 nitrogen and oxygen atoms in total. The maximum absolute atomic E-state index is 12.3. The molecule has 1 aliphatic heterocycles. The van der Waals surface area contributed by atoms with Crippen LogP contribution in [0.1, 0.15) is 21.7 Å². The Morgan fingerprint density at radius 1 is 1.11 bits per heavy atom. The van der Waals surface area contributed by atoms with E-state index in [2.05, 4.69) is 0 Å². The fourth-order valence-corrected chi connectivity index (χ4v) is 3.04. The second kappa shape index (κ2) is 4.97. The number of amides is 1. The second-order valence-electron chi connectivity index (χ2n) is 4.50. The molecular weight excluding hydrogens is 258 g/mol. The molecule has 0 unspecified atom stereocenters. The summed E-state index contributed by atoms with van der Waals surface area (Å²) in [6, 6.07) is 11.3. The highest BCUT2D eigenvalue weighted by Gasteiger charge is 2.28. The Morgan fingerprint density at radius 2 is 1.95 bits per heavy atom. The van der Waals surface area contributed by atoms with Gasteiger partial charge in [-0.05, 0) is 35.9 Å². The van der Waals surface area contributed by atoms with E-state index in [1.165, 1.54) is 11.3 Å². The lowest BCUT2D eigenvalue weighted by atomic mass is 10.0. The molecule has 0 saturated heterocycles. The van der Waals surface area contributed by atoms with Gasteiger partial charge in [0.2, 0.25) is 0 Å². The Morgan fingerprint density at radius 3 is 2.74 bits per heavy atom. The van der Waals surface area contributed by atoms with Crippen LogP contribution in [-0.2, 0) is 11.2 Å². The van der Waals surface area contributed by atoms with Gasteiger partial charge in [0.1, 0.15) is 0 Å². The molecule has 0 spiro atoms. The van der Waals surface area contributed by atoms with E-state index < -0.39 is 11.7 Å². The van der Waals surface area contributed by atoms with E-state index in [1.54, 1.807) is 17.0 Å². The van der Waals surface area contributed by atoms with Gasteiger partial charge in [0.25, 0.3) is 11.7 Å². The first kappa shape index (κ1) is 12.1. The predicted octanol–water partition coefficient (Wildman–Crippen LogP) is 2.91. The number of Topliss-reactive ketones (excluding diaryl/α,β-unsaturated/α-hetero) is 1. The molecule has 1 aromatic heterocycles. The maximum atomic E-state index is 12.3. The number of rotatable bonds is 2. The minimum Gasteiger partial charge on any atom is -0.305 e. The summed E-state index contributed by atoms with van der Waals surface area (Å²) in [5, 5.41) is 1.81. The lowest BCUT2D eigenvalue weighted by Crippen LogP contribution is -2.39. The number of anilines is 1. The predicted molar refractivity (Wildman–Crippen MR) is 75.8 cm³/mol. The maximum Gasteiger partial charge on any atom is 0.300 e.